The fourth-order valence-electron chi connectivity index (χ4n) is 1.83. The summed E-state index contributed by atoms with van der Waals surface area (Å²) in [5.74, 6) is 0.432. The zero-order valence-corrected chi connectivity index (χ0v) is 11.2. The molecule has 0 radical (unpaired) electrons. The molecule has 1 aromatic heterocycles. The number of pyridine rings is 1. The average molecular weight is 252 g/mol. The van der Waals surface area contributed by atoms with E-state index in [2.05, 4.69) is 6.92 Å². The van der Waals surface area contributed by atoms with Gasteiger partial charge < -0.3 is 15.0 Å². The van der Waals surface area contributed by atoms with Crippen LogP contribution in [0.3, 0.4) is 0 Å². The Morgan fingerprint density at radius 3 is 2.78 bits per heavy atom. The van der Waals surface area contributed by atoms with Gasteiger partial charge in [-0.05, 0) is 18.6 Å². The Kier molecular flexibility index (Phi) is 7.18. The summed E-state index contributed by atoms with van der Waals surface area (Å²) in [4.78, 5) is 11.9. The Morgan fingerprint density at radius 1 is 1.28 bits per heavy atom. The molecule has 0 aliphatic rings. The molecule has 0 aliphatic carbocycles. The SMILES string of the molecule is CCCCCCCOc1cccn(CCN)c1=O. The summed E-state index contributed by atoms with van der Waals surface area (Å²) in [7, 11) is 0. The standard InChI is InChI=1S/C14H24N2O2/c1-2-3-4-5-6-12-18-13-8-7-10-16(11-9-15)14(13)17/h7-8,10H,2-6,9,11-12,15H2,1H3. The average Bonchev–Trinajstić information content (AvgIpc) is 2.38. The van der Waals surface area contributed by atoms with Gasteiger partial charge in [-0.3, -0.25) is 4.79 Å². The van der Waals surface area contributed by atoms with Crippen molar-refractivity contribution in [3.8, 4) is 5.75 Å². The van der Waals surface area contributed by atoms with E-state index in [-0.39, 0.29) is 5.56 Å². The first kappa shape index (κ1) is 14.8. The Labute approximate surface area is 109 Å². The summed E-state index contributed by atoms with van der Waals surface area (Å²) >= 11 is 0. The lowest BCUT2D eigenvalue weighted by Gasteiger charge is -2.08. The molecule has 0 saturated carbocycles. The van der Waals surface area contributed by atoms with Gasteiger partial charge in [0.05, 0.1) is 6.61 Å². The predicted molar refractivity (Wildman–Crippen MR) is 74.0 cm³/mol. The Balaban J connectivity index is 2.38. The summed E-state index contributed by atoms with van der Waals surface area (Å²) < 4.78 is 7.12. The molecule has 0 saturated heterocycles. The molecule has 0 bridgehead atoms. The third-order valence-electron chi connectivity index (χ3n) is 2.86. The van der Waals surface area contributed by atoms with E-state index in [1.165, 1.54) is 19.3 Å². The van der Waals surface area contributed by atoms with Crippen molar-refractivity contribution in [1.29, 1.82) is 0 Å². The number of hydrogen-bond acceptors (Lipinski definition) is 3. The molecule has 0 aliphatic heterocycles. The molecule has 2 N–H and O–H groups in total. The minimum Gasteiger partial charge on any atom is -0.488 e. The summed E-state index contributed by atoms with van der Waals surface area (Å²) in [6.45, 7) is 3.80. The van der Waals surface area contributed by atoms with E-state index in [1.807, 2.05) is 6.07 Å². The van der Waals surface area contributed by atoms with Gasteiger partial charge in [0, 0.05) is 19.3 Å². The van der Waals surface area contributed by atoms with E-state index >= 15 is 0 Å². The highest BCUT2D eigenvalue weighted by Crippen LogP contribution is 2.06. The molecule has 0 spiro atoms. The van der Waals surface area contributed by atoms with Crippen LogP contribution in [0.15, 0.2) is 23.1 Å². The molecule has 1 heterocycles. The number of hydrogen-bond donors (Lipinski definition) is 1. The number of nitrogens with zero attached hydrogens (tertiary/aromatic N) is 1. The van der Waals surface area contributed by atoms with Gasteiger partial charge in [0.2, 0.25) is 0 Å². The van der Waals surface area contributed by atoms with Gasteiger partial charge in [0.15, 0.2) is 5.75 Å². The lowest BCUT2D eigenvalue weighted by atomic mass is 10.2. The Bertz CT molecular complexity index is 388. The van der Waals surface area contributed by atoms with Crippen LogP contribution in [-0.4, -0.2) is 17.7 Å². The number of unbranched alkanes of at least 4 members (excludes halogenated alkanes) is 4. The van der Waals surface area contributed by atoms with Crippen LogP contribution in [0, 0.1) is 0 Å². The minimum atomic E-state index is -0.0866. The van der Waals surface area contributed by atoms with Crippen molar-refractivity contribution in [1.82, 2.24) is 4.57 Å². The van der Waals surface area contributed by atoms with Crippen LogP contribution >= 0.6 is 0 Å². The lowest BCUT2D eigenvalue weighted by Crippen LogP contribution is -2.24. The van der Waals surface area contributed by atoms with Crippen LogP contribution in [-0.2, 0) is 6.54 Å². The Morgan fingerprint density at radius 2 is 2.06 bits per heavy atom. The van der Waals surface area contributed by atoms with E-state index in [4.69, 9.17) is 10.5 Å². The van der Waals surface area contributed by atoms with Crippen molar-refractivity contribution in [3.05, 3.63) is 28.7 Å². The molecule has 1 aromatic rings. The monoisotopic (exact) mass is 252 g/mol. The second-order valence-electron chi connectivity index (χ2n) is 4.42. The second kappa shape index (κ2) is 8.75. The molecule has 4 heteroatoms. The van der Waals surface area contributed by atoms with Crippen LogP contribution in [0.4, 0.5) is 0 Å². The highest BCUT2D eigenvalue weighted by molar-refractivity contribution is 5.17. The van der Waals surface area contributed by atoms with E-state index < -0.39 is 0 Å². The molecule has 0 amide bonds. The maximum Gasteiger partial charge on any atom is 0.292 e. The molecular formula is C14H24N2O2. The normalized spacial score (nSPS) is 10.6. The lowest BCUT2D eigenvalue weighted by molar-refractivity contribution is 0.298. The van der Waals surface area contributed by atoms with Crippen molar-refractivity contribution in [3.63, 3.8) is 0 Å². The molecule has 0 atom stereocenters. The van der Waals surface area contributed by atoms with Crippen LogP contribution in [0.25, 0.3) is 0 Å². The van der Waals surface area contributed by atoms with Crippen LogP contribution < -0.4 is 16.0 Å². The van der Waals surface area contributed by atoms with Gasteiger partial charge in [-0.25, -0.2) is 0 Å². The molecule has 102 valence electrons. The van der Waals surface area contributed by atoms with Crippen LogP contribution in [0.2, 0.25) is 0 Å². The van der Waals surface area contributed by atoms with Crippen molar-refractivity contribution >= 4 is 0 Å². The van der Waals surface area contributed by atoms with Crippen molar-refractivity contribution in [2.24, 2.45) is 5.73 Å². The fraction of sp³-hybridized carbons (Fsp3) is 0.643. The fourth-order valence-corrected chi connectivity index (χ4v) is 1.83. The first-order valence-corrected chi connectivity index (χ1v) is 6.82. The van der Waals surface area contributed by atoms with E-state index in [9.17, 15) is 4.79 Å². The third kappa shape index (κ3) is 4.92. The number of nitrogens with two attached hydrogens (primary N) is 1. The molecule has 18 heavy (non-hydrogen) atoms. The zero-order valence-electron chi connectivity index (χ0n) is 11.2. The van der Waals surface area contributed by atoms with Crippen LogP contribution in [0.1, 0.15) is 39.0 Å². The topological polar surface area (TPSA) is 57.2 Å². The van der Waals surface area contributed by atoms with Crippen molar-refractivity contribution in [2.75, 3.05) is 13.2 Å². The first-order valence-electron chi connectivity index (χ1n) is 6.82. The molecule has 1 rings (SSSR count). The second-order valence-corrected chi connectivity index (χ2v) is 4.42. The van der Waals surface area contributed by atoms with Gasteiger partial charge in [-0.15, -0.1) is 0 Å². The molecular weight excluding hydrogens is 228 g/mol. The molecule has 0 fully saturated rings. The predicted octanol–water partition coefficient (Wildman–Crippen LogP) is 2.16. The van der Waals surface area contributed by atoms with Gasteiger partial charge in [-0.1, -0.05) is 32.6 Å². The van der Waals surface area contributed by atoms with E-state index in [0.717, 1.165) is 12.8 Å². The minimum absolute atomic E-state index is 0.0866. The number of rotatable bonds is 9. The summed E-state index contributed by atoms with van der Waals surface area (Å²) in [6, 6.07) is 3.55. The van der Waals surface area contributed by atoms with Gasteiger partial charge >= 0.3 is 0 Å². The van der Waals surface area contributed by atoms with Gasteiger partial charge in [0.25, 0.3) is 5.56 Å². The summed E-state index contributed by atoms with van der Waals surface area (Å²) in [6.07, 6.45) is 7.66. The highest BCUT2D eigenvalue weighted by atomic mass is 16.5. The highest BCUT2D eigenvalue weighted by Gasteiger charge is 2.03. The smallest absolute Gasteiger partial charge is 0.292 e. The maximum atomic E-state index is 11.9. The first-order chi connectivity index (χ1) is 8.79. The van der Waals surface area contributed by atoms with E-state index in [1.54, 1.807) is 16.8 Å². The summed E-state index contributed by atoms with van der Waals surface area (Å²) in [5, 5.41) is 0. The van der Waals surface area contributed by atoms with Gasteiger partial charge in [-0.2, -0.15) is 0 Å². The number of ether oxygens (including phenoxy) is 1. The molecule has 4 nitrogen and oxygen atoms in total. The van der Waals surface area contributed by atoms with Crippen molar-refractivity contribution < 1.29 is 4.74 Å². The maximum absolute atomic E-state index is 11.9. The van der Waals surface area contributed by atoms with E-state index in [0.29, 0.717) is 25.4 Å². The van der Waals surface area contributed by atoms with Gasteiger partial charge in [0.1, 0.15) is 0 Å². The zero-order chi connectivity index (χ0) is 13.2. The molecule has 0 unspecified atom stereocenters. The quantitative estimate of drug-likeness (QED) is 0.685. The number of aromatic nitrogens is 1. The molecule has 0 aromatic carbocycles. The van der Waals surface area contributed by atoms with Crippen molar-refractivity contribution in [2.45, 2.75) is 45.6 Å². The largest absolute Gasteiger partial charge is 0.488 e. The Hall–Kier alpha value is -1.29. The van der Waals surface area contributed by atoms with Crippen LogP contribution in [0.5, 0.6) is 5.75 Å². The third-order valence-corrected chi connectivity index (χ3v) is 2.86. The summed E-state index contributed by atoms with van der Waals surface area (Å²) in [5.41, 5.74) is 5.36.